The third kappa shape index (κ3) is 3.65. The number of rotatable bonds is 6. The summed E-state index contributed by atoms with van der Waals surface area (Å²) < 4.78 is 0. The van der Waals surface area contributed by atoms with Gasteiger partial charge in [0.2, 0.25) is 0 Å². The van der Waals surface area contributed by atoms with E-state index >= 15 is 0 Å². The number of imide groups is 1. The maximum absolute atomic E-state index is 12.3. The van der Waals surface area contributed by atoms with Crippen LogP contribution in [-0.2, 0) is 13.0 Å². The lowest BCUT2D eigenvalue weighted by Gasteiger charge is -2.14. The van der Waals surface area contributed by atoms with E-state index in [0.717, 1.165) is 24.2 Å². The van der Waals surface area contributed by atoms with Gasteiger partial charge in [-0.2, -0.15) is 5.10 Å². The molecule has 0 bridgehead atoms. The van der Waals surface area contributed by atoms with E-state index in [9.17, 15) is 14.4 Å². The van der Waals surface area contributed by atoms with Gasteiger partial charge in [0.15, 0.2) is 5.69 Å². The molecule has 0 unspecified atom stereocenters. The summed E-state index contributed by atoms with van der Waals surface area (Å²) >= 11 is 0. The molecule has 0 fully saturated rings. The molecule has 0 spiro atoms. The van der Waals surface area contributed by atoms with Gasteiger partial charge < -0.3 is 10.6 Å². The van der Waals surface area contributed by atoms with Crippen LogP contribution in [0.15, 0.2) is 24.3 Å². The highest BCUT2D eigenvalue weighted by molar-refractivity contribution is 6.21. The first kappa shape index (κ1) is 20.0. The van der Waals surface area contributed by atoms with Crippen molar-refractivity contribution < 1.29 is 14.4 Å². The number of hydrogen-bond donors (Lipinski definition) is 3. The average Bonchev–Trinajstić information content (AvgIpc) is 3.23. The van der Waals surface area contributed by atoms with E-state index in [4.69, 9.17) is 0 Å². The molecule has 28 heavy (non-hydrogen) atoms. The molecule has 0 saturated carbocycles. The Labute approximate surface area is 168 Å². The third-order valence-corrected chi connectivity index (χ3v) is 4.99. The van der Waals surface area contributed by atoms with Crippen molar-refractivity contribution in [2.24, 2.45) is 0 Å². The van der Waals surface area contributed by atoms with Crippen molar-refractivity contribution in [1.82, 2.24) is 25.7 Å². The SMILES string of the molecule is Cl.O=C(NCCCCN1C(=O)c2ccccc2C1=O)c1n[nH]c2c1CNCC2. The number of carbonyl (C=O) groups is 3. The Bertz CT molecular complexity index is 876. The number of aromatic amines is 1. The standard InChI is InChI=1S/C19H21N5O3.ClH/c25-17(16-14-11-20-9-7-15(14)22-23-16)21-8-3-4-10-24-18(26)12-5-1-2-6-13(12)19(24)27;/h1-2,5-6,20H,3-4,7-11H2,(H,21,25)(H,22,23);1H. The summed E-state index contributed by atoms with van der Waals surface area (Å²) in [7, 11) is 0. The summed E-state index contributed by atoms with van der Waals surface area (Å²) in [5.41, 5.74) is 3.33. The van der Waals surface area contributed by atoms with Crippen molar-refractivity contribution in [2.45, 2.75) is 25.8 Å². The molecule has 0 radical (unpaired) electrons. The van der Waals surface area contributed by atoms with E-state index in [1.54, 1.807) is 24.3 Å². The fourth-order valence-electron chi connectivity index (χ4n) is 3.54. The Balaban J connectivity index is 0.00000225. The highest BCUT2D eigenvalue weighted by Crippen LogP contribution is 2.22. The number of aromatic nitrogens is 2. The molecule has 3 N–H and O–H groups in total. The first-order chi connectivity index (χ1) is 13.2. The monoisotopic (exact) mass is 403 g/mol. The zero-order valence-electron chi connectivity index (χ0n) is 15.3. The average molecular weight is 404 g/mol. The van der Waals surface area contributed by atoms with E-state index in [2.05, 4.69) is 20.8 Å². The van der Waals surface area contributed by atoms with Gasteiger partial charge >= 0.3 is 0 Å². The predicted octanol–water partition coefficient (Wildman–Crippen LogP) is 1.28. The minimum Gasteiger partial charge on any atom is -0.351 e. The second kappa shape index (κ2) is 8.53. The second-order valence-electron chi connectivity index (χ2n) is 6.73. The Kier molecular flexibility index (Phi) is 6.11. The molecular formula is C19H22ClN5O3. The zero-order valence-corrected chi connectivity index (χ0v) is 16.1. The number of fused-ring (bicyclic) bond motifs is 2. The fraction of sp³-hybridized carbons (Fsp3) is 0.368. The van der Waals surface area contributed by atoms with Gasteiger partial charge in [-0.05, 0) is 25.0 Å². The van der Waals surface area contributed by atoms with Crippen molar-refractivity contribution in [3.05, 3.63) is 52.3 Å². The van der Waals surface area contributed by atoms with Gasteiger partial charge in [0.1, 0.15) is 0 Å². The molecule has 3 amide bonds. The lowest BCUT2D eigenvalue weighted by molar-refractivity contribution is 0.0650. The number of carbonyl (C=O) groups excluding carboxylic acids is 3. The number of H-pyrrole nitrogens is 1. The molecule has 2 aromatic rings. The minimum absolute atomic E-state index is 0. The molecule has 1 aromatic heterocycles. The molecule has 2 aliphatic rings. The van der Waals surface area contributed by atoms with E-state index in [1.165, 1.54) is 4.90 Å². The van der Waals surface area contributed by atoms with Crippen LogP contribution in [0.4, 0.5) is 0 Å². The first-order valence-electron chi connectivity index (χ1n) is 9.17. The second-order valence-corrected chi connectivity index (χ2v) is 6.73. The maximum Gasteiger partial charge on any atom is 0.272 e. The minimum atomic E-state index is -0.240. The van der Waals surface area contributed by atoms with Crippen LogP contribution in [0.5, 0.6) is 0 Å². The van der Waals surface area contributed by atoms with Gasteiger partial charge in [-0.1, -0.05) is 12.1 Å². The quantitative estimate of drug-likeness (QED) is 0.497. The van der Waals surface area contributed by atoms with Gasteiger partial charge in [-0.15, -0.1) is 12.4 Å². The van der Waals surface area contributed by atoms with Crippen molar-refractivity contribution in [1.29, 1.82) is 0 Å². The van der Waals surface area contributed by atoms with Gasteiger partial charge in [0, 0.05) is 43.9 Å². The Morgan fingerprint density at radius 1 is 1.14 bits per heavy atom. The van der Waals surface area contributed by atoms with Gasteiger partial charge in [-0.25, -0.2) is 0 Å². The summed E-state index contributed by atoms with van der Waals surface area (Å²) in [5.74, 6) is -0.678. The molecule has 148 valence electrons. The highest BCUT2D eigenvalue weighted by Gasteiger charge is 2.34. The van der Waals surface area contributed by atoms with Crippen LogP contribution in [0.1, 0.15) is 55.3 Å². The summed E-state index contributed by atoms with van der Waals surface area (Å²) in [4.78, 5) is 38.2. The summed E-state index contributed by atoms with van der Waals surface area (Å²) in [5, 5.41) is 13.2. The molecular weight excluding hydrogens is 382 g/mol. The number of unbranched alkanes of at least 4 members (excludes halogenated alkanes) is 1. The third-order valence-electron chi connectivity index (χ3n) is 4.99. The summed E-state index contributed by atoms with van der Waals surface area (Å²) in [6.07, 6.45) is 2.14. The van der Waals surface area contributed by atoms with Crippen LogP contribution < -0.4 is 10.6 Å². The molecule has 0 aliphatic carbocycles. The van der Waals surface area contributed by atoms with Crippen LogP contribution in [0.3, 0.4) is 0 Å². The molecule has 3 heterocycles. The van der Waals surface area contributed by atoms with Crippen molar-refractivity contribution in [3.8, 4) is 0 Å². The fourth-order valence-corrected chi connectivity index (χ4v) is 3.54. The highest BCUT2D eigenvalue weighted by atomic mass is 35.5. The van der Waals surface area contributed by atoms with Gasteiger partial charge in [-0.3, -0.25) is 24.4 Å². The Hall–Kier alpha value is -2.71. The first-order valence-corrected chi connectivity index (χ1v) is 9.17. The molecule has 1 aromatic carbocycles. The molecule has 2 aliphatic heterocycles. The number of nitrogens with zero attached hydrogens (tertiary/aromatic N) is 2. The normalized spacial score (nSPS) is 15.1. The Morgan fingerprint density at radius 2 is 1.86 bits per heavy atom. The van der Waals surface area contributed by atoms with Gasteiger partial charge in [0.05, 0.1) is 11.1 Å². The largest absolute Gasteiger partial charge is 0.351 e. The number of hydrogen-bond acceptors (Lipinski definition) is 5. The lowest BCUT2D eigenvalue weighted by Crippen LogP contribution is -2.32. The van der Waals surface area contributed by atoms with E-state index in [-0.39, 0.29) is 30.1 Å². The van der Waals surface area contributed by atoms with E-state index in [1.807, 2.05) is 0 Å². The summed E-state index contributed by atoms with van der Waals surface area (Å²) in [6, 6.07) is 6.86. The number of amides is 3. The smallest absolute Gasteiger partial charge is 0.272 e. The van der Waals surface area contributed by atoms with E-state index in [0.29, 0.717) is 49.3 Å². The zero-order chi connectivity index (χ0) is 18.8. The van der Waals surface area contributed by atoms with Gasteiger partial charge in [0.25, 0.3) is 17.7 Å². The topological polar surface area (TPSA) is 107 Å². The van der Waals surface area contributed by atoms with E-state index < -0.39 is 0 Å². The predicted molar refractivity (Wildman–Crippen MR) is 105 cm³/mol. The molecule has 0 saturated heterocycles. The Morgan fingerprint density at radius 3 is 2.57 bits per heavy atom. The molecule has 9 heteroatoms. The van der Waals surface area contributed by atoms with Crippen LogP contribution in [0.2, 0.25) is 0 Å². The number of nitrogens with one attached hydrogen (secondary N) is 3. The van der Waals surface area contributed by atoms with Crippen LogP contribution in [0.25, 0.3) is 0 Å². The van der Waals surface area contributed by atoms with Crippen LogP contribution in [0, 0.1) is 0 Å². The molecule has 8 nitrogen and oxygen atoms in total. The number of benzene rings is 1. The maximum atomic E-state index is 12.3. The molecule has 0 atom stereocenters. The van der Waals surface area contributed by atoms with Crippen molar-refractivity contribution >= 4 is 30.1 Å². The number of halogens is 1. The molecule has 4 rings (SSSR count). The van der Waals surface area contributed by atoms with Crippen LogP contribution in [-0.4, -0.2) is 52.5 Å². The summed E-state index contributed by atoms with van der Waals surface area (Å²) in [6.45, 7) is 2.35. The van der Waals surface area contributed by atoms with Crippen molar-refractivity contribution in [2.75, 3.05) is 19.6 Å². The van der Waals surface area contributed by atoms with Crippen molar-refractivity contribution in [3.63, 3.8) is 0 Å². The van der Waals surface area contributed by atoms with Crippen LogP contribution >= 0.6 is 12.4 Å². The lowest BCUT2D eigenvalue weighted by atomic mass is 10.1.